The van der Waals surface area contributed by atoms with Crippen LogP contribution >= 0.6 is 23.4 Å². The fraction of sp³-hybridized carbons (Fsp3) is 0.238. The third-order valence-corrected chi connectivity index (χ3v) is 5.56. The number of allylic oxidation sites excluding steroid dienone is 1. The van der Waals surface area contributed by atoms with Crippen LogP contribution in [-0.2, 0) is 12.3 Å². The lowest BCUT2D eigenvalue weighted by atomic mass is 10.2. The van der Waals surface area contributed by atoms with Gasteiger partial charge in [-0.05, 0) is 43.2 Å². The lowest BCUT2D eigenvalue weighted by molar-refractivity contribution is 0.209. The van der Waals surface area contributed by atoms with E-state index in [1.165, 1.54) is 23.9 Å². The molecule has 0 radical (unpaired) electrons. The maximum Gasteiger partial charge on any atom is 0.191 e. The smallest absolute Gasteiger partial charge is 0.191 e. The number of ether oxygens (including phenoxy) is 1. The first-order valence-corrected chi connectivity index (χ1v) is 10.2. The van der Waals surface area contributed by atoms with Crippen LogP contribution in [0.3, 0.4) is 0 Å². The molecule has 3 rings (SSSR count). The fourth-order valence-electron chi connectivity index (χ4n) is 2.72. The minimum Gasteiger partial charge on any atom is -0.482 e. The quantitative estimate of drug-likeness (QED) is 0.333. The summed E-state index contributed by atoms with van der Waals surface area (Å²) in [5.41, 5.74) is 1.90. The van der Waals surface area contributed by atoms with Crippen molar-refractivity contribution in [3.63, 3.8) is 0 Å². The highest BCUT2D eigenvalue weighted by molar-refractivity contribution is 7.98. The van der Waals surface area contributed by atoms with Crippen molar-refractivity contribution in [2.75, 3.05) is 0 Å². The number of benzene rings is 2. The number of aromatic nitrogens is 3. The number of para-hydroxylation sites is 1. The Balaban J connectivity index is 1.79. The summed E-state index contributed by atoms with van der Waals surface area (Å²) in [6.07, 6.45) is 1.51. The van der Waals surface area contributed by atoms with Gasteiger partial charge in [0, 0.05) is 17.3 Å². The number of halogens is 2. The molecule has 1 unspecified atom stereocenters. The first-order chi connectivity index (χ1) is 13.5. The van der Waals surface area contributed by atoms with E-state index >= 15 is 0 Å². The van der Waals surface area contributed by atoms with Crippen molar-refractivity contribution in [1.82, 2.24) is 14.8 Å². The number of aryl methyl sites for hydroxylation is 1. The molecule has 0 bridgehead atoms. The Bertz CT molecular complexity index is 976. The standard InChI is InChI=1S/C21H21ClFN3OS/c1-4-11-26-20(15(3)27-19-8-6-5-7-14(19)2)24-25-21(26)28-13-16-9-10-17(23)12-18(16)22/h4-10,12,15H,1,11,13H2,2-3H3. The first-order valence-electron chi connectivity index (χ1n) is 8.82. The average molecular weight is 418 g/mol. The molecule has 0 aliphatic rings. The molecule has 0 aliphatic carbocycles. The van der Waals surface area contributed by atoms with Crippen molar-refractivity contribution >= 4 is 23.4 Å². The second-order valence-corrected chi connectivity index (χ2v) is 7.64. The maximum absolute atomic E-state index is 13.2. The van der Waals surface area contributed by atoms with Crippen molar-refractivity contribution in [1.29, 1.82) is 0 Å². The van der Waals surface area contributed by atoms with Gasteiger partial charge in [-0.3, -0.25) is 4.57 Å². The number of rotatable bonds is 8. The van der Waals surface area contributed by atoms with Gasteiger partial charge in [-0.1, -0.05) is 53.7 Å². The minimum atomic E-state index is -0.349. The van der Waals surface area contributed by atoms with E-state index in [1.54, 1.807) is 12.1 Å². The fourth-order valence-corrected chi connectivity index (χ4v) is 3.99. The number of hydrogen-bond acceptors (Lipinski definition) is 4. The van der Waals surface area contributed by atoms with E-state index in [1.807, 2.05) is 42.7 Å². The zero-order valence-electron chi connectivity index (χ0n) is 15.7. The lowest BCUT2D eigenvalue weighted by Gasteiger charge is -2.17. The SMILES string of the molecule is C=CCn1c(SCc2ccc(F)cc2Cl)nnc1C(C)Oc1ccccc1C. The van der Waals surface area contributed by atoms with Gasteiger partial charge >= 0.3 is 0 Å². The van der Waals surface area contributed by atoms with Crippen molar-refractivity contribution < 1.29 is 9.13 Å². The molecule has 4 nitrogen and oxygen atoms in total. The molecule has 1 atom stereocenters. The van der Waals surface area contributed by atoms with Crippen molar-refractivity contribution in [3.8, 4) is 5.75 Å². The van der Waals surface area contributed by atoms with Crippen LogP contribution in [0.1, 0.15) is 30.0 Å². The zero-order chi connectivity index (χ0) is 20.1. The van der Waals surface area contributed by atoms with E-state index in [-0.39, 0.29) is 11.9 Å². The van der Waals surface area contributed by atoms with Gasteiger partial charge in [0.2, 0.25) is 0 Å². The van der Waals surface area contributed by atoms with E-state index in [4.69, 9.17) is 16.3 Å². The molecule has 2 aromatic carbocycles. The number of hydrogen-bond donors (Lipinski definition) is 0. The molecule has 28 heavy (non-hydrogen) atoms. The summed E-state index contributed by atoms with van der Waals surface area (Å²) in [4.78, 5) is 0. The molecule has 0 saturated carbocycles. The molecule has 146 valence electrons. The summed E-state index contributed by atoms with van der Waals surface area (Å²) in [6.45, 7) is 8.34. The van der Waals surface area contributed by atoms with Crippen LogP contribution in [-0.4, -0.2) is 14.8 Å². The molecule has 0 aliphatic heterocycles. The van der Waals surface area contributed by atoms with Crippen LogP contribution in [0, 0.1) is 12.7 Å². The van der Waals surface area contributed by atoms with Gasteiger partial charge < -0.3 is 4.74 Å². The van der Waals surface area contributed by atoms with E-state index in [0.717, 1.165) is 27.9 Å². The van der Waals surface area contributed by atoms with Gasteiger partial charge in [0.05, 0.1) is 0 Å². The average Bonchev–Trinajstić information content (AvgIpc) is 3.06. The summed E-state index contributed by atoms with van der Waals surface area (Å²) < 4.78 is 21.3. The van der Waals surface area contributed by atoms with Crippen LogP contribution in [0.4, 0.5) is 4.39 Å². The second-order valence-electron chi connectivity index (χ2n) is 6.29. The molecule has 1 aromatic heterocycles. The van der Waals surface area contributed by atoms with Crippen LogP contribution < -0.4 is 4.74 Å². The van der Waals surface area contributed by atoms with Crippen molar-refractivity contribution in [3.05, 3.63) is 82.9 Å². The van der Waals surface area contributed by atoms with Gasteiger partial charge in [-0.2, -0.15) is 0 Å². The molecular weight excluding hydrogens is 397 g/mol. The summed E-state index contributed by atoms with van der Waals surface area (Å²) >= 11 is 7.61. The summed E-state index contributed by atoms with van der Waals surface area (Å²) in [5.74, 6) is 1.74. The topological polar surface area (TPSA) is 39.9 Å². The minimum absolute atomic E-state index is 0.280. The second kappa shape index (κ2) is 9.26. The summed E-state index contributed by atoms with van der Waals surface area (Å²) in [5, 5.41) is 9.78. The molecule has 1 heterocycles. The van der Waals surface area contributed by atoms with E-state index < -0.39 is 0 Å². The molecule has 0 saturated heterocycles. The zero-order valence-corrected chi connectivity index (χ0v) is 17.3. The van der Waals surface area contributed by atoms with Gasteiger partial charge in [0.15, 0.2) is 17.1 Å². The van der Waals surface area contributed by atoms with E-state index in [2.05, 4.69) is 16.8 Å². The van der Waals surface area contributed by atoms with Crippen LogP contribution in [0.2, 0.25) is 5.02 Å². The Labute approximate surface area is 173 Å². The molecule has 7 heteroatoms. The molecule has 3 aromatic rings. The van der Waals surface area contributed by atoms with Gasteiger partial charge in [0.1, 0.15) is 11.6 Å². The molecular formula is C21H21ClFN3OS. The highest BCUT2D eigenvalue weighted by atomic mass is 35.5. The third kappa shape index (κ3) is 4.75. The summed E-state index contributed by atoms with van der Waals surface area (Å²) in [6, 6.07) is 12.3. The Morgan fingerprint density at radius 2 is 2.07 bits per heavy atom. The lowest BCUT2D eigenvalue weighted by Crippen LogP contribution is -2.12. The predicted molar refractivity (Wildman–Crippen MR) is 111 cm³/mol. The number of nitrogens with zero attached hydrogens (tertiary/aromatic N) is 3. The number of thioether (sulfide) groups is 1. The predicted octanol–water partition coefficient (Wildman–Crippen LogP) is 6.00. The van der Waals surface area contributed by atoms with E-state index in [0.29, 0.717) is 17.3 Å². The molecule has 0 spiro atoms. The third-order valence-electron chi connectivity index (χ3n) is 4.19. The molecule has 0 fully saturated rings. The van der Waals surface area contributed by atoms with Gasteiger partial charge in [-0.25, -0.2) is 4.39 Å². The Morgan fingerprint density at radius 1 is 1.29 bits per heavy atom. The molecule has 0 amide bonds. The monoisotopic (exact) mass is 417 g/mol. The van der Waals surface area contributed by atoms with E-state index in [9.17, 15) is 4.39 Å². The van der Waals surface area contributed by atoms with Crippen LogP contribution in [0.25, 0.3) is 0 Å². The Kier molecular flexibility index (Phi) is 6.75. The van der Waals surface area contributed by atoms with Gasteiger partial charge in [-0.15, -0.1) is 16.8 Å². The normalized spacial score (nSPS) is 12.0. The first kappa shape index (κ1) is 20.4. The van der Waals surface area contributed by atoms with Crippen molar-refractivity contribution in [2.45, 2.75) is 37.4 Å². The maximum atomic E-state index is 13.2. The highest BCUT2D eigenvalue weighted by Gasteiger charge is 2.20. The molecule has 0 N–H and O–H groups in total. The van der Waals surface area contributed by atoms with Crippen LogP contribution in [0.15, 0.2) is 60.3 Å². The van der Waals surface area contributed by atoms with Gasteiger partial charge in [0.25, 0.3) is 0 Å². The highest BCUT2D eigenvalue weighted by Crippen LogP contribution is 2.29. The summed E-state index contributed by atoms with van der Waals surface area (Å²) in [7, 11) is 0. The largest absolute Gasteiger partial charge is 0.482 e. The van der Waals surface area contributed by atoms with Crippen LogP contribution in [0.5, 0.6) is 5.75 Å². The Morgan fingerprint density at radius 3 is 2.79 bits per heavy atom. The van der Waals surface area contributed by atoms with Crippen molar-refractivity contribution in [2.24, 2.45) is 0 Å². The Hall–Kier alpha value is -2.31.